The molecule has 1 radical (unpaired) electrons. The molecule has 5 aromatic carbocycles. The van der Waals surface area contributed by atoms with Crippen LogP contribution in [-0.4, -0.2) is 17.1 Å². The lowest BCUT2D eigenvalue weighted by molar-refractivity contribution is 0.615. The Labute approximate surface area is 193 Å². The third kappa shape index (κ3) is 3.43. The summed E-state index contributed by atoms with van der Waals surface area (Å²) in [4.78, 5) is 0. The summed E-state index contributed by atoms with van der Waals surface area (Å²) in [5, 5.41) is 12.0. The molecule has 1 N–H and O–H groups in total. The summed E-state index contributed by atoms with van der Waals surface area (Å²) >= 11 is 0. The van der Waals surface area contributed by atoms with Crippen molar-refractivity contribution in [3.05, 3.63) is 121 Å². The second kappa shape index (κ2) is 8.12. The van der Waals surface area contributed by atoms with Crippen LogP contribution >= 0.6 is 0 Å². The van der Waals surface area contributed by atoms with Crippen LogP contribution < -0.4 is 5.46 Å². The molecule has 0 spiro atoms. The Balaban J connectivity index is 1.66. The maximum Gasteiger partial charge on any atom is 0.326 e. The van der Waals surface area contributed by atoms with Gasteiger partial charge in [0.25, 0.3) is 0 Å². The van der Waals surface area contributed by atoms with Crippen LogP contribution in [0.1, 0.15) is 0 Å². The summed E-state index contributed by atoms with van der Waals surface area (Å²) < 4.78 is 2.28. The average molecular weight is 422 g/mol. The Morgan fingerprint density at radius 1 is 0.485 bits per heavy atom. The lowest BCUT2D eigenvalue weighted by Crippen LogP contribution is -2.13. The smallest absolute Gasteiger partial charge is 0.326 e. The van der Waals surface area contributed by atoms with E-state index in [0.29, 0.717) is 0 Å². The molecule has 0 saturated heterocycles. The van der Waals surface area contributed by atoms with E-state index in [9.17, 15) is 5.02 Å². The maximum atomic E-state index is 9.58. The van der Waals surface area contributed by atoms with Crippen molar-refractivity contribution in [1.82, 2.24) is 4.57 Å². The van der Waals surface area contributed by atoms with Crippen molar-refractivity contribution in [1.29, 1.82) is 0 Å². The first kappa shape index (κ1) is 19.6. The van der Waals surface area contributed by atoms with Gasteiger partial charge >= 0.3 is 7.48 Å². The SMILES string of the molecule is O[B]c1cccc(-n2c3ccc(-c4ccccc4)cc3c3cc(-c4ccccc4)ccc32)c1. The largest absolute Gasteiger partial charge is 0.450 e. The highest BCUT2D eigenvalue weighted by Gasteiger charge is 2.15. The Kier molecular flexibility index (Phi) is 4.82. The fraction of sp³-hybridized carbons (Fsp3) is 0. The van der Waals surface area contributed by atoms with Gasteiger partial charge in [-0.05, 0) is 58.7 Å². The zero-order chi connectivity index (χ0) is 22.2. The highest BCUT2D eigenvalue weighted by molar-refractivity contribution is 6.45. The molecule has 0 bridgehead atoms. The van der Waals surface area contributed by atoms with Crippen molar-refractivity contribution >= 4 is 34.8 Å². The van der Waals surface area contributed by atoms with Crippen molar-refractivity contribution in [3.63, 3.8) is 0 Å². The Morgan fingerprint density at radius 2 is 1.03 bits per heavy atom. The number of rotatable bonds is 4. The van der Waals surface area contributed by atoms with Gasteiger partial charge in [0, 0.05) is 16.5 Å². The number of nitrogens with zero attached hydrogens (tertiary/aromatic N) is 1. The first-order valence-electron chi connectivity index (χ1n) is 11.1. The van der Waals surface area contributed by atoms with Gasteiger partial charge in [-0.15, -0.1) is 0 Å². The van der Waals surface area contributed by atoms with E-state index in [0.717, 1.165) is 29.7 Å². The minimum atomic E-state index is 0.782. The lowest BCUT2D eigenvalue weighted by Gasteiger charge is -2.10. The zero-order valence-corrected chi connectivity index (χ0v) is 18.0. The van der Waals surface area contributed by atoms with Crippen LogP contribution in [0.25, 0.3) is 49.7 Å². The highest BCUT2D eigenvalue weighted by Crippen LogP contribution is 2.36. The molecule has 2 nitrogen and oxygen atoms in total. The Bertz CT molecular complexity index is 1490. The predicted molar refractivity (Wildman–Crippen MR) is 139 cm³/mol. The Hall–Kier alpha value is -4.08. The molecule has 1 heterocycles. The predicted octanol–water partition coefficient (Wildman–Crippen LogP) is 6.35. The molecule has 1 aromatic heterocycles. The standard InChI is InChI=1S/C30H21BNO/c33-31-25-12-7-13-26(20-25)32-29-16-14-23(21-8-3-1-4-9-21)18-27(29)28-19-24(15-17-30(28)32)22-10-5-2-6-11-22/h1-20,33H. The minimum Gasteiger partial charge on any atom is -0.450 e. The molecular formula is C30H21BNO. The van der Waals surface area contributed by atoms with Crippen LogP contribution in [0.5, 0.6) is 0 Å². The van der Waals surface area contributed by atoms with Crippen LogP contribution in [0.15, 0.2) is 121 Å². The van der Waals surface area contributed by atoms with E-state index in [-0.39, 0.29) is 0 Å². The fourth-order valence-corrected chi connectivity index (χ4v) is 4.67. The van der Waals surface area contributed by atoms with Gasteiger partial charge in [-0.1, -0.05) is 90.4 Å². The van der Waals surface area contributed by atoms with E-state index >= 15 is 0 Å². The summed E-state index contributed by atoms with van der Waals surface area (Å²) in [5.41, 5.74) is 8.90. The molecule has 6 rings (SSSR count). The van der Waals surface area contributed by atoms with Gasteiger partial charge in [0.15, 0.2) is 0 Å². The van der Waals surface area contributed by atoms with Gasteiger partial charge in [-0.2, -0.15) is 0 Å². The van der Waals surface area contributed by atoms with Gasteiger partial charge in [0.05, 0.1) is 11.0 Å². The minimum absolute atomic E-state index is 0.782. The molecule has 0 aliphatic carbocycles. The van der Waals surface area contributed by atoms with Gasteiger partial charge in [-0.3, -0.25) is 0 Å². The third-order valence-corrected chi connectivity index (χ3v) is 6.26. The van der Waals surface area contributed by atoms with Crippen LogP contribution in [0.4, 0.5) is 0 Å². The molecule has 0 amide bonds. The van der Waals surface area contributed by atoms with Crippen molar-refractivity contribution in [2.75, 3.05) is 0 Å². The Morgan fingerprint density at radius 3 is 1.55 bits per heavy atom. The molecule has 3 heteroatoms. The van der Waals surface area contributed by atoms with Crippen LogP contribution in [-0.2, 0) is 0 Å². The van der Waals surface area contributed by atoms with Gasteiger partial charge in [-0.25, -0.2) is 0 Å². The first-order valence-corrected chi connectivity index (χ1v) is 11.1. The zero-order valence-electron chi connectivity index (χ0n) is 18.0. The van der Waals surface area contributed by atoms with Crippen LogP contribution in [0.3, 0.4) is 0 Å². The highest BCUT2D eigenvalue weighted by atomic mass is 16.2. The summed E-state index contributed by atoms with van der Waals surface area (Å²) in [7, 11) is 1.15. The van der Waals surface area contributed by atoms with Gasteiger partial charge < -0.3 is 9.59 Å². The summed E-state index contributed by atoms with van der Waals surface area (Å²) in [6.45, 7) is 0. The van der Waals surface area contributed by atoms with Crippen molar-refractivity contribution < 1.29 is 5.02 Å². The quantitative estimate of drug-likeness (QED) is 0.329. The van der Waals surface area contributed by atoms with E-state index in [1.165, 1.54) is 33.0 Å². The molecule has 0 atom stereocenters. The maximum absolute atomic E-state index is 9.58. The molecule has 0 unspecified atom stereocenters. The molecule has 0 aliphatic rings. The van der Waals surface area contributed by atoms with Crippen molar-refractivity contribution in [2.45, 2.75) is 0 Å². The lowest BCUT2D eigenvalue weighted by atomic mass is 9.88. The van der Waals surface area contributed by atoms with E-state index in [2.05, 4.69) is 95.6 Å². The number of hydrogen-bond acceptors (Lipinski definition) is 1. The second-order valence-corrected chi connectivity index (χ2v) is 8.26. The van der Waals surface area contributed by atoms with Gasteiger partial charge in [0.2, 0.25) is 0 Å². The van der Waals surface area contributed by atoms with Crippen LogP contribution in [0, 0.1) is 0 Å². The third-order valence-electron chi connectivity index (χ3n) is 6.26. The summed E-state index contributed by atoms with van der Waals surface area (Å²) in [5.74, 6) is 0. The number of hydrogen-bond donors (Lipinski definition) is 1. The average Bonchev–Trinajstić information content (AvgIpc) is 3.22. The van der Waals surface area contributed by atoms with Crippen molar-refractivity contribution in [3.8, 4) is 27.9 Å². The number of fused-ring (bicyclic) bond motifs is 3. The molecule has 6 aromatic rings. The van der Waals surface area contributed by atoms with Crippen molar-refractivity contribution in [2.24, 2.45) is 0 Å². The molecule has 33 heavy (non-hydrogen) atoms. The fourth-order valence-electron chi connectivity index (χ4n) is 4.67. The number of aromatic nitrogens is 1. The van der Waals surface area contributed by atoms with E-state index < -0.39 is 0 Å². The summed E-state index contributed by atoms with van der Waals surface area (Å²) in [6, 6.07) is 42.3. The molecule has 155 valence electrons. The molecule has 0 fully saturated rings. The van der Waals surface area contributed by atoms with E-state index in [1.54, 1.807) is 0 Å². The van der Waals surface area contributed by atoms with E-state index in [4.69, 9.17) is 0 Å². The van der Waals surface area contributed by atoms with E-state index in [1.807, 2.05) is 30.3 Å². The van der Waals surface area contributed by atoms with Gasteiger partial charge in [0.1, 0.15) is 0 Å². The molecule has 0 saturated carbocycles. The second-order valence-electron chi connectivity index (χ2n) is 8.26. The number of benzene rings is 5. The molecule has 0 aliphatic heterocycles. The van der Waals surface area contributed by atoms with Crippen LogP contribution in [0.2, 0.25) is 0 Å². The summed E-state index contributed by atoms with van der Waals surface area (Å²) in [6.07, 6.45) is 0. The molecular weight excluding hydrogens is 401 g/mol. The topological polar surface area (TPSA) is 25.2 Å². The first-order chi connectivity index (χ1) is 16.3. The monoisotopic (exact) mass is 422 g/mol. The normalized spacial score (nSPS) is 11.2.